The summed E-state index contributed by atoms with van der Waals surface area (Å²) in [7, 11) is 0. The third-order valence-electron chi connectivity index (χ3n) is 2.32. The zero-order valence-corrected chi connectivity index (χ0v) is 10.6. The standard InChI is InChI=1S/C11H22N6/c1-3-4-6-13-11(16-12)15-10(2)9-17-8-5-7-14-17/h5,7-8,10H,3-4,6,9,12H2,1-2H3,(H2,13,15,16). The van der Waals surface area contributed by atoms with Gasteiger partial charge in [-0.3, -0.25) is 15.1 Å². The van der Waals surface area contributed by atoms with Gasteiger partial charge in [-0.05, 0) is 19.4 Å². The Morgan fingerprint density at radius 3 is 3.00 bits per heavy atom. The predicted octanol–water partition coefficient (Wildman–Crippen LogP) is 0.481. The molecule has 1 atom stereocenters. The molecule has 4 N–H and O–H groups in total. The van der Waals surface area contributed by atoms with E-state index in [0.717, 1.165) is 25.9 Å². The summed E-state index contributed by atoms with van der Waals surface area (Å²) >= 11 is 0. The molecule has 0 aromatic carbocycles. The van der Waals surface area contributed by atoms with Gasteiger partial charge in [0.25, 0.3) is 0 Å². The molecular weight excluding hydrogens is 216 g/mol. The first kappa shape index (κ1) is 13.5. The van der Waals surface area contributed by atoms with Crippen molar-refractivity contribution in [3.63, 3.8) is 0 Å². The average Bonchev–Trinajstić information content (AvgIpc) is 2.80. The van der Waals surface area contributed by atoms with Crippen LogP contribution in [0.5, 0.6) is 0 Å². The van der Waals surface area contributed by atoms with E-state index in [4.69, 9.17) is 5.84 Å². The summed E-state index contributed by atoms with van der Waals surface area (Å²) in [6.45, 7) is 5.77. The van der Waals surface area contributed by atoms with Gasteiger partial charge in [0, 0.05) is 25.0 Å². The van der Waals surface area contributed by atoms with Gasteiger partial charge >= 0.3 is 0 Å². The van der Waals surface area contributed by atoms with Gasteiger partial charge in [0.1, 0.15) is 0 Å². The molecule has 0 bridgehead atoms. The van der Waals surface area contributed by atoms with Crippen LogP contribution in [0.3, 0.4) is 0 Å². The number of nitrogens with zero attached hydrogens (tertiary/aromatic N) is 3. The first-order valence-electron chi connectivity index (χ1n) is 6.01. The number of nitrogens with one attached hydrogen (secondary N) is 2. The minimum absolute atomic E-state index is 0.214. The van der Waals surface area contributed by atoms with Crippen LogP contribution >= 0.6 is 0 Å². The molecule has 6 nitrogen and oxygen atoms in total. The van der Waals surface area contributed by atoms with Crippen LogP contribution < -0.4 is 16.6 Å². The SMILES string of the molecule is CCCCN=C(NN)NC(C)Cn1cccn1. The van der Waals surface area contributed by atoms with Crippen molar-refractivity contribution in [3.8, 4) is 0 Å². The van der Waals surface area contributed by atoms with E-state index in [1.165, 1.54) is 0 Å². The van der Waals surface area contributed by atoms with E-state index in [1.807, 2.05) is 16.9 Å². The molecule has 1 rings (SSSR count). The Labute approximate surface area is 102 Å². The van der Waals surface area contributed by atoms with Crippen LogP contribution in [0.1, 0.15) is 26.7 Å². The van der Waals surface area contributed by atoms with Crippen LogP contribution in [-0.2, 0) is 6.54 Å². The van der Waals surface area contributed by atoms with E-state index in [2.05, 4.69) is 34.7 Å². The number of hydrogen-bond acceptors (Lipinski definition) is 3. The lowest BCUT2D eigenvalue weighted by molar-refractivity contribution is 0.500. The van der Waals surface area contributed by atoms with Crippen LogP contribution in [0.15, 0.2) is 23.5 Å². The molecule has 0 fully saturated rings. The van der Waals surface area contributed by atoms with E-state index in [0.29, 0.717) is 5.96 Å². The average molecular weight is 238 g/mol. The Balaban J connectivity index is 2.36. The number of aromatic nitrogens is 2. The maximum absolute atomic E-state index is 5.41. The highest BCUT2D eigenvalue weighted by Crippen LogP contribution is 1.91. The lowest BCUT2D eigenvalue weighted by atomic mass is 10.3. The predicted molar refractivity (Wildman–Crippen MR) is 69.4 cm³/mol. The summed E-state index contributed by atoms with van der Waals surface area (Å²) in [5, 5.41) is 7.37. The first-order valence-corrected chi connectivity index (χ1v) is 6.01. The monoisotopic (exact) mass is 238 g/mol. The second-order valence-corrected chi connectivity index (χ2v) is 4.00. The molecule has 0 saturated carbocycles. The highest BCUT2D eigenvalue weighted by Gasteiger charge is 2.05. The summed E-state index contributed by atoms with van der Waals surface area (Å²) in [5.74, 6) is 6.05. The van der Waals surface area contributed by atoms with Gasteiger partial charge in [-0.15, -0.1) is 0 Å². The van der Waals surface area contributed by atoms with Crippen molar-refractivity contribution in [2.75, 3.05) is 6.54 Å². The van der Waals surface area contributed by atoms with Crippen LogP contribution in [0.25, 0.3) is 0 Å². The zero-order valence-electron chi connectivity index (χ0n) is 10.6. The second kappa shape index (κ2) is 7.67. The lowest BCUT2D eigenvalue weighted by Gasteiger charge is -2.16. The summed E-state index contributed by atoms with van der Waals surface area (Å²) in [4.78, 5) is 4.34. The maximum atomic E-state index is 5.41. The van der Waals surface area contributed by atoms with Crippen LogP contribution in [-0.4, -0.2) is 28.3 Å². The first-order chi connectivity index (χ1) is 8.26. The van der Waals surface area contributed by atoms with Gasteiger partial charge < -0.3 is 5.32 Å². The van der Waals surface area contributed by atoms with E-state index in [-0.39, 0.29) is 6.04 Å². The van der Waals surface area contributed by atoms with E-state index < -0.39 is 0 Å². The van der Waals surface area contributed by atoms with Gasteiger partial charge in [0.2, 0.25) is 5.96 Å². The van der Waals surface area contributed by atoms with Crippen molar-refractivity contribution in [1.82, 2.24) is 20.5 Å². The number of aliphatic imine (C=N–C) groups is 1. The molecule has 0 aliphatic rings. The normalized spacial score (nSPS) is 13.5. The van der Waals surface area contributed by atoms with E-state index in [9.17, 15) is 0 Å². The van der Waals surface area contributed by atoms with Crippen molar-refractivity contribution >= 4 is 5.96 Å². The highest BCUT2D eigenvalue weighted by molar-refractivity contribution is 5.79. The third-order valence-corrected chi connectivity index (χ3v) is 2.32. The Morgan fingerprint density at radius 2 is 2.41 bits per heavy atom. The van der Waals surface area contributed by atoms with Gasteiger partial charge in [-0.25, -0.2) is 5.84 Å². The lowest BCUT2D eigenvalue weighted by Crippen LogP contribution is -2.46. The molecule has 0 amide bonds. The van der Waals surface area contributed by atoms with Crippen LogP contribution in [0.2, 0.25) is 0 Å². The minimum Gasteiger partial charge on any atom is -0.351 e. The molecule has 6 heteroatoms. The second-order valence-electron chi connectivity index (χ2n) is 4.00. The molecule has 1 heterocycles. The molecule has 0 aliphatic heterocycles. The summed E-state index contributed by atoms with van der Waals surface area (Å²) in [6, 6.07) is 2.12. The number of rotatable bonds is 6. The molecule has 0 aliphatic carbocycles. The Morgan fingerprint density at radius 1 is 1.59 bits per heavy atom. The number of hydrogen-bond donors (Lipinski definition) is 3. The Kier molecular flexibility index (Phi) is 6.09. The summed E-state index contributed by atoms with van der Waals surface area (Å²) in [6.07, 6.45) is 5.90. The molecular formula is C11H22N6. The molecule has 0 radical (unpaired) electrons. The van der Waals surface area contributed by atoms with Crippen molar-refractivity contribution in [2.24, 2.45) is 10.8 Å². The highest BCUT2D eigenvalue weighted by atomic mass is 15.3. The largest absolute Gasteiger partial charge is 0.351 e. The van der Waals surface area contributed by atoms with Gasteiger partial charge in [-0.1, -0.05) is 13.3 Å². The molecule has 1 aromatic heterocycles. The summed E-state index contributed by atoms with van der Waals surface area (Å²) < 4.78 is 1.87. The number of hydrazine groups is 1. The Hall–Kier alpha value is -1.56. The van der Waals surface area contributed by atoms with Crippen molar-refractivity contribution in [2.45, 2.75) is 39.3 Å². The molecule has 0 saturated heterocycles. The third kappa shape index (κ3) is 5.35. The quantitative estimate of drug-likeness (QED) is 0.221. The number of guanidine groups is 1. The fraction of sp³-hybridized carbons (Fsp3) is 0.636. The molecule has 1 aromatic rings. The molecule has 1 unspecified atom stereocenters. The smallest absolute Gasteiger partial charge is 0.205 e. The van der Waals surface area contributed by atoms with Crippen LogP contribution in [0.4, 0.5) is 0 Å². The molecule has 0 spiro atoms. The molecule has 17 heavy (non-hydrogen) atoms. The van der Waals surface area contributed by atoms with Gasteiger partial charge in [0.05, 0.1) is 6.54 Å². The topological polar surface area (TPSA) is 80.3 Å². The van der Waals surface area contributed by atoms with Gasteiger partial charge in [0.15, 0.2) is 0 Å². The molecule has 96 valence electrons. The van der Waals surface area contributed by atoms with Gasteiger partial charge in [-0.2, -0.15) is 5.10 Å². The van der Waals surface area contributed by atoms with Crippen molar-refractivity contribution in [1.29, 1.82) is 0 Å². The van der Waals surface area contributed by atoms with Crippen LogP contribution in [0, 0.1) is 0 Å². The van der Waals surface area contributed by atoms with Crippen molar-refractivity contribution < 1.29 is 0 Å². The van der Waals surface area contributed by atoms with Crippen molar-refractivity contribution in [3.05, 3.63) is 18.5 Å². The fourth-order valence-electron chi connectivity index (χ4n) is 1.45. The minimum atomic E-state index is 0.214. The number of nitrogens with two attached hydrogens (primary N) is 1. The number of unbranched alkanes of at least 4 members (excludes halogenated alkanes) is 1. The zero-order chi connectivity index (χ0) is 12.5. The maximum Gasteiger partial charge on any atom is 0.205 e. The fourth-order valence-corrected chi connectivity index (χ4v) is 1.45. The van der Waals surface area contributed by atoms with E-state index >= 15 is 0 Å². The van der Waals surface area contributed by atoms with E-state index in [1.54, 1.807) is 6.20 Å². The Bertz CT molecular complexity index is 319. The summed E-state index contributed by atoms with van der Waals surface area (Å²) in [5.41, 5.74) is 2.58.